The van der Waals surface area contributed by atoms with Crippen molar-refractivity contribution in [1.29, 1.82) is 0 Å². The van der Waals surface area contributed by atoms with Gasteiger partial charge in [0, 0.05) is 44.5 Å². The van der Waals surface area contributed by atoms with E-state index in [9.17, 15) is 4.79 Å². The molecule has 1 aliphatic heterocycles. The Morgan fingerprint density at radius 2 is 1.64 bits per heavy atom. The summed E-state index contributed by atoms with van der Waals surface area (Å²) in [7, 11) is 0. The van der Waals surface area contributed by atoms with Gasteiger partial charge in [-0.05, 0) is 49.9 Å². The predicted molar refractivity (Wildman–Crippen MR) is 101 cm³/mol. The summed E-state index contributed by atoms with van der Waals surface area (Å²) in [5, 5.41) is 12.7. The van der Waals surface area contributed by atoms with Crippen molar-refractivity contribution in [1.82, 2.24) is 9.80 Å². The monoisotopic (exact) mass is 345 g/mol. The maximum Gasteiger partial charge on any atom is 0.306 e. The highest BCUT2D eigenvalue weighted by molar-refractivity contribution is 5.70. The van der Waals surface area contributed by atoms with E-state index in [1.807, 2.05) is 0 Å². The van der Waals surface area contributed by atoms with Gasteiger partial charge >= 0.3 is 5.97 Å². The normalized spacial score (nSPS) is 25.6. The zero-order valence-corrected chi connectivity index (χ0v) is 15.3. The Balaban J connectivity index is 1.44. The quantitative estimate of drug-likeness (QED) is 0.830. The Bertz CT molecular complexity index is 545. The Morgan fingerprint density at radius 3 is 2.20 bits per heavy atom. The van der Waals surface area contributed by atoms with Gasteiger partial charge < -0.3 is 15.3 Å². The fourth-order valence-electron chi connectivity index (χ4n) is 3.95. The molecule has 0 amide bonds. The largest absolute Gasteiger partial charge is 0.481 e. The highest BCUT2D eigenvalue weighted by Crippen LogP contribution is 2.27. The van der Waals surface area contributed by atoms with E-state index in [-0.39, 0.29) is 5.92 Å². The maximum atomic E-state index is 11.0. The van der Waals surface area contributed by atoms with E-state index in [1.165, 1.54) is 18.7 Å². The molecule has 1 saturated carbocycles. The third-order valence-electron chi connectivity index (χ3n) is 5.72. The lowest BCUT2D eigenvalue weighted by molar-refractivity contribution is -0.142. The maximum absolute atomic E-state index is 11.0. The molecule has 1 aromatic rings. The van der Waals surface area contributed by atoms with Crippen molar-refractivity contribution in [3.63, 3.8) is 0 Å². The molecule has 2 N–H and O–H groups in total. The van der Waals surface area contributed by atoms with Crippen molar-refractivity contribution >= 4 is 11.7 Å². The molecule has 1 saturated heterocycles. The summed E-state index contributed by atoms with van der Waals surface area (Å²) < 4.78 is 0. The van der Waals surface area contributed by atoms with E-state index in [4.69, 9.17) is 5.11 Å². The highest BCUT2D eigenvalue weighted by atomic mass is 16.4. The molecule has 1 aliphatic carbocycles. The third-order valence-corrected chi connectivity index (χ3v) is 5.72. The van der Waals surface area contributed by atoms with Gasteiger partial charge in [0.25, 0.3) is 0 Å². The van der Waals surface area contributed by atoms with Gasteiger partial charge in [-0.25, -0.2) is 0 Å². The second kappa shape index (κ2) is 8.68. The first-order valence-electron chi connectivity index (χ1n) is 9.67. The zero-order valence-electron chi connectivity index (χ0n) is 15.3. The lowest BCUT2D eigenvalue weighted by Crippen LogP contribution is -2.45. The first-order chi connectivity index (χ1) is 12.1. The summed E-state index contributed by atoms with van der Waals surface area (Å²) in [4.78, 5) is 16.1. The molecule has 2 fully saturated rings. The van der Waals surface area contributed by atoms with Gasteiger partial charge in [0.15, 0.2) is 0 Å². The van der Waals surface area contributed by atoms with Crippen molar-refractivity contribution in [2.75, 3.05) is 38.0 Å². The number of hydrogen-bond acceptors (Lipinski definition) is 4. The molecule has 0 aromatic heterocycles. The van der Waals surface area contributed by atoms with Crippen LogP contribution in [0.25, 0.3) is 0 Å². The van der Waals surface area contributed by atoms with Gasteiger partial charge in [0.05, 0.1) is 5.92 Å². The van der Waals surface area contributed by atoms with Crippen LogP contribution in [0.1, 0.15) is 38.2 Å². The molecular weight excluding hydrogens is 314 g/mol. The molecule has 25 heavy (non-hydrogen) atoms. The molecule has 1 aromatic carbocycles. The summed E-state index contributed by atoms with van der Waals surface area (Å²) in [6, 6.07) is 9.18. The van der Waals surface area contributed by atoms with Gasteiger partial charge in [-0.3, -0.25) is 9.69 Å². The molecule has 5 nitrogen and oxygen atoms in total. The molecule has 1 heterocycles. The van der Waals surface area contributed by atoms with E-state index < -0.39 is 5.97 Å². The minimum Gasteiger partial charge on any atom is -0.481 e. The Hall–Kier alpha value is -1.59. The van der Waals surface area contributed by atoms with Crippen LogP contribution in [0.4, 0.5) is 5.69 Å². The molecule has 0 radical (unpaired) electrons. The number of nitrogens with zero attached hydrogens (tertiary/aromatic N) is 2. The van der Waals surface area contributed by atoms with Crippen molar-refractivity contribution in [3.05, 3.63) is 29.8 Å². The molecule has 2 aliphatic rings. The van der Waals surface area contributed by atoms with Crippen molar-refractivity contribution in [3.8, 4) is 0 Å². The van der Waals surface area contributed by atoms with Crippen LogP contribution in [-0.2, 0) is 11.3 Å². The fraction of sp³-hybridized carbons (Fsp3) is 0.650. The van der Waals surface area contributed by atoms with Gasteiger partial charge in [0.2, 0.25) is 0 Å². The second-order valence-corrected chi connectivity index (χ2v) is 7.44. The topological polar surface area (TPSA) is 55.8 Å². The smallest absolute Gasteiger partial charge is 0.306 e. The standard InChI is InChI=1S/C20H31N3O2/c1-2-22-11-13-23(14-12-22)15-16-3-7-18(8-4-16)21-19-9-5-17(6-10-19)20(24)25/h3-4,7-8,17,19,21H,2,5-6,9-15H2,1H3,(H,24,25). The lowest BCUT2D eigenvalue weighted by Gasteiger charge is -2.34. The number of rotatable bonds is 6. The van der Waals surface area contributed by atoms with Crippen LogP contribution in [0, 0.1) is 5.92 Å². The van der Waals surface area contributed by atoms with Crippen molar-refractivity contribution in [2.24, 2.45) is 5.92 Å². The lowest BCUT2D eigenvalue weighted by atomic mass is 9.86. The molecule has 3 rings (SSSR count). The van der Waals surface area contributed by atoms with Crippen LogP contribution >= 0.6 is 0 Å². The average Bonchev–Trinajstić information content (AvgIpc) is 2.64. The van der Waals surface area contributed by atoms with Crippen LogP contribution in [0.3, 0.4) is 0 Å². The number of nitrogens with one attached hydrogen (secondary N) is 1. The summed E-state index contributed by atoms with van der Waals surface area (Å²) in [5.74, 6) is -0.781. The number of anilines is 1. The Morgan fingerprint density at radius 1 is 1.04 bits per heavy atom. The van der Waals surface area contributed by atoms with Crippen LogP contribution in [0.2, 0.25) is 0 Å². The SMILES string of the molecule is CCN1CCN(Cc2ccc(NC3CCC(C(=O)O)CC3)cc2)CC1. The Labute approximate surface area is 151 Å². The number of aliphatic carboxylic acids is 1. The molecule has 5 heteroatoms. The zero-order chi connectivity index (χ0) is 17.6. The van der Waals surface area contributed by atoms with Gasteiger partial charge in [-0.1, -0.05) is 19.1 Å². The fourth-order valence-corrected chi connectivity index (χ4v) is 3.95. The van der Waals surface area contributed by atoms with Crippen molar-refractivity contribution < 1.29 is 9.90 Å². The summed E-state index contributed by atoms with van der Waals surface area (Å²) in [6.07, 6.45) is 3.46. The summed E-state index contributed by atoms with van der Waals surface area (Å²) in [5.41, 5.74) is 2.52. The van der Waals surface area contributed by atoms with Crippen molar-refractivity contribution in [2.45, 2.75) is 45.2 Å². The molecule has 0 unspecified atom stereocenters. The van der Waals surface area contributed by atoms with E-state index in [0.29, 0.717) is 6.04 Å². The van der Waals surface area contributed by atoms with E-state index in [0.717, 1.165) is 57.5 Å². The number of piperazine rings is 1. The number of hydrogen-bond donors (Lipinski definition) is 2. The minimum atomic E-state index is -0.637. The first kappa shape index (κ1) is 18.2. The molecule has 138 valence electrons. The molecule has 0 bridgehead atoms. The summed E-state index contributed by atoms with van der Waals surface area (Å²) >= 11 is 0. The van der Waals surface area contributed by atoms with Gasteiger partial charge in [0.1, 0.15) is 0 Å². The molecular formula is C20H31N3O2. The average molecular weight is 345 g/mol. The van der Waals surface area contributed by atoms with Gasteiger partial charge in [-0.2, -0.15) is 0 Å². The molecule has 0 atom stereocenters. The van der Waals surface area contributed by atoms with E-state index in [1.54, 1.807) is 0 Å². The second-order valence-electron chi connectivity index (χ2n) is 7.44. The number of likely N-dealkylation sites (N-methyl/N-ethyl adjacent to an activating group) is 1. The number of benzene rings is 1. The van der Waals surface area contributed by atoms with Crippen LogP contribution in [0.15, 0.2) is 24.3 Å². The van der Waals surface area contributed by atoms with Crippen LogP contribution < -0.4 is 5.32 Å². The Kier molecular flexibility index (Phi) is 6.32. The third kappa shape index (κ3) is 5.19. The number of carboxylic acid groups (broad SMARTS) is 1. The van der Waals surface area contributed by atoms with Crippen LogP contribution in [-0.4, -0.2) is 59.6 Å². The minimum absolute atomic E-state index is 0.145. The predicted octanol–water partition coefficient (Wildman–Crippen LogP) is 2.88. The highest BCUT2D eigenvalue weighted by Gasteiger charge is 2.25. The number of carbonyl (C=O) groups is 1. The van der Waals surface area contributed by atoms with Gasteiger partial charge in [-0.15, -0.1) is 0 Å². The van der Waals surface area contributed by atoms with Crippen LogP contribution in [0.5, 0.6) is 0 Å². The summed E-state index contributed by atoms with van der Waals surface area (Å²) in [6.45, 7) is 9.07. The molecule has 0 spiro atoms. The van der Waals surface area contributed by atoms with E-state index in [2.05, 4.69) is 46.3 Å². The first-order valence-corrected chi connectivity index (χ1v) is 9.67. The number of carboxylic acids is 1. The van der Waals surface area contributed by atoms with E-state index >= 15 is 0 Å².